The van der Waals surface area contributed by atoms with Crippen LogP contribution in [0.1, 0.15) is 57.2 Å². The summed E-state index contributed by atoms with van der Waals surface area (Å²) in [5, 5.41) is 62.6. The molecule has 27 nitrogen and oxygen atoms in total. The Bertz CT molecular complexity index is 2940. The highest BCUT2D eigenvalue weighted by molar-refractivity contribution is 7.80. The minimum absolute atomic E-state index is 0.0880. The third-order valence-corrected chi connectivity index (χ3v) is 13.4. The molecule has 0 saturated carbocycles. The maximum absolute atomic E-state index is 14.4. The standard InChI is InChI=1S/C54H72N12O15S2/c1-26(2)17-36(60-50(76)40(21-43(56)70)63-49(75)38(19-30-11-15-33(69)16-12-30)62-52(78)41(24-82)64-46(72)27(3)55)48(74)61-37(18-29-9-13-32(68)14-10-29)47(73)58-23-44(71)59-39(20-31-22-57-35-8-6-5-7-34(31)35)51(77)66-45(28(4)67)53(79)65-42(25-83)54(80)81/h5-16,22,26-28,36-42,45,57,67-69,82-83H,17-21,23-25,55H2,1-4H3,(H2,56,70)(H,58,73)(H,59,71)(H,60,76)(H,61,74)(H,62,78)(H,63,75)(H,64,72)(H,65,79)(H,66,77)(H,80,81)/t27-,28+,36-,37-,38-,39-,40-,41-,42-,45-/m0/s1. The third-order valence-electron chi connectivity index (χ3n) is 12.7. The van der Waals surface area contributed by atoms with Crippen molar-refractivity contribution in [3.8, 4) is 11.5 Å². The van der Waals surface area contributed by atoms with Gasteiger partial charge in [-0.3, -0.25) is 47.9 Å². The lowest BCUT2D eigenvalue weighted by Gasteiger charge is -2.27. The fourth-order valence-corrected chi connectivity index (χ4v) is 8.73. The van der Waals surface area contributed by atoms with Crippen molar-refractivity contribution in [2.45, 2.75) is 120 Å². The number of primary amides is 1. The number of fused-ring (bicyclic) bond motifs is 1. The van der Waals surface area contributed by atoms with Crippen molar-refractivity contribution < 1.29 is 73.2 Å². The van der Waals surface area contributed by atoms with Gasteiger partial charge in [0.1, 0.15) is 59.8 Å². The molecule has 18 N–H and O–H groups in total. The van der Waals surface area contributed by atoms with Gasteiger partial charge < -0.3 is 84.7 Å². The number of carbonyl (C=O) groups is 11. The summed E-state index contributed by atoms with van der Waals surface area (Å²) < 4.78 is 0. The Morgan fingerprint density at radius 2 is 1.00 bits per heavy atom. The highest BCUT2D eigenvalue weighted by Crippen LogP contribution is 2.20. The fraction of sp³-hybridized carbons (Fsp3) is 0.426. The zero-order valence-corrected chi connectivity index (χ0v) is 47.6. The van der Waals surface area contributed by atoms with E-state index < -0.39 is 138 Å². The lowest BCUT2D eigenvalue weighted by molar-refractivity contribution is -0.142. The molecule has 0 saturated heterocycles. The van der Waals surface area contributed by atoms with E-state index in [2.05, 4.69) is 78.1 Å². The van der Waals surface area contributed by atoms with E-state index in [4.69, 9.17) is 11.5 Å². The number of hydrogen-bond acceptors (Lipinski definition) is 17. The summed E-state index contributed by atoms with van der Waals surface area (Å²) in [4.78, 5) is 151. The van der Waals surface area contributed by atoms with Crippen molar-refractivity contribution in [2.24, 2.45) is 17.4 Å². The summed E-state index contributed by atoms with van der Waals surface area (Å²) in [5.74, 6) is -12.1. The van der Waals surface area contributed by atoms with Gasteiger partial charge in [0.25, 0.3) is 0 Å². The zero-order valence-electron chi connectivity index (χ0n) is 45.8. The average molecular weight is 1190 g/mol. The second-order valence-electron chi connectivity index (χ2n) is 20.0. The van der Waals surface area contributed by atoms with Gasteiger partial charge in [-0.1, -0.05) is 56.3 Å². The third kappa shape index (κ3) is 21.5. The van der Waals surface area contributed by atoms with Gasteiger partial charge in [-0.25, -0.2) is 4.79 Å². The molecule has 1 heterocycles. The van der Waals surface area contributed by atoms with Gasteiger partial charge in [0.05, 0.1) is 25.1 Å². The van der Waals surface area contributed by atoms with Crippen LogP contribution in [0, 0.1) is 5.92 Å². The molecular weight excluding hydrogens is 1120 g/mol. The Morgan fingerprint density at radius 3 is 1.52 bits per heavy atom. The number of aliphatic hydroxyl groups excluding tert-OH is 1. The van der Waals surface area contributed by atoms with Crippen molar-refractivity contribution >= 4 is 101 Å². The van der Waals surface area contributed by atoms with Crippen LogP contribution >= 0.6 is 25.3 Å². The summed E-state index contributed by atoms with van der Waals surface area (Å²) in [6.45, 7) is 5.17. The average Bonchev–Trinajstić information content (AvgIpc) is 4.02. The van der Waals surface area contributed by atoms with E-state index >= 15 is 0 Å². The van der Waals surface area contributed by atoms with E-state index in [0.717, 1.165) is 0 Å². The van der Waals surface area contributed by atoms with Crippen LogP contribution in [0.4, 0.5) is 0 Å². The molecule has 0 aliphatic rings. The first kappa shape index (κ1) is 67.1. The van der Waals surface area contributed by atoms with E-state index in [1.165, 1.54) is 62.4 Å². The number of nitrogens with one attached hydrogen (secondary N) is 10. The number of aliphatic carboxylic acids is 1. The van der Waals surface area contributed by atoms with Crippen molar-refractivity contribution in [3.05, 3.63) is 95.7 Å². The molecule has 450 valence electrons. The quantitative estimate of drug-likeness (QED) is 0.0220. The van der Waals surface area contributed by atoms with Crippen LogP contribution < -0.4 is 59.3 Å². The Balaban J connectivity index is 1.58. The van der Waals surface area contributed by atoms with Crippen LogP contribution in [-0.2, 0) is 72.0 Å². The molecule has 83 heavy (non-hydrogen) atoms. The number of aromatic nitrogens is 1. The number of benzene rings is 3. The maximum atomic E-state index is 14.4. The Hall–Kier alpha value is -8.41. The lowest BCUT2D eigenvalue weighted by atomic mass is 10.00. The SMILES string of the molecule is CC(C)C[C@H](NC(=O)[C@H](CC(N)=O)NC(=O)[C@H](Cc1ccc(O)cc1)NC(=O)[C@H](CS)NC(=O)[C@H](C)N)C(=O)N[C@@H](Cc1ccc(O)cc1)C(=O)NCC(=O)N[C@@H](Cc1c[nH]c2ccccc12)C(=O)N[C@H](C(=O)N[C@@H](CS)C(=O)O)[C@@H](C)O. The number of aromatic hydroxyl groups is 2. The number of H-pyrrole nitrogens is 1. The van der Waals surface area contributed by atoms with Crippen LogP contribution in [0.2, 0.25) is 0 Å². The number of carboxylic acids is 1. The van der Waals surface area contributed by atoms with Crippen LogP contribution in [0.3, 0.4) is 0 Å². The molecule has 1 aromatic heterocycles. The lowest BCUT2D eigenvalue weighted by Crippen LogP contribution is -2.61. The molecule has 3 aromatic carbocycles. The second-order valence-corrected chi connectivity index (χ2v) is 20.8. The van der Waals surface area contributed by atoms with Gasteiger partial charge in [-0.2, -0.15) is 25.3 Å². The molecule has 10 atom stereocenters. The molecule has 0 spiro atoms. The summed E-state index contributed by atoms with van der Waals surface area (Å²) >= 11 is 8.09. The van der Waals surface area contributed by atoms with Gasteiger partial charge >= 0.3 is 5.97 Å². The molecule has 0 unspecified atom stereocenters. The molecular formula is C54H72N12O15S2. The number of aromatic amines is 1. The largest absolute Gasteiger partial charge is 0.508 e. The topological polar surface area (TPSA) is 445 Å². The number of rotatable bonds is 32. The molecule has 4 aromatic rings. The van der Waals surface area contributed by atoms with Gasteiger partial charge in [0.2, 0.25) is 59.1 Å². The smallest absolute Gasteiger partial charge is 0.327 e. The second kappa shape index (κ2) is 32.3. The van der Waals surface area contributed by atoms with Crippen molar-refractivity contribution in [3.63, 3.8) is 0 Å². The van der Waals surface area contributed by atoms with E-state index in [9.17, 15) is 73.2 Å². The number of amides is 10. The molecule has 29 heteroatoms. The molecule has 0 aliphatic heterocycles. The van der Waals surface area contributed by atoms with E-state index in [-0.39, 0.29) is 54.6 Å². The first-order chi connectivity index (χ1) is 39.2. The summed E-state index contributed by atoms with van der Waals surface area (Å²) in [6.07, 6.45) is -1.57. The highest BCUT2D eigenvalue weighted by atomic mass is 32.1. The molecule has 0 bridgehead atoms. The Kier molecular flexibility index (Phi) is 26.1. The molecule has 10 amide bonds. The van der Waals surface area contributed by atoms with Crippen LogP contribution in [0.5, 0.6) is 11.5 Å². The predicted molar refractivity (Wildman–Crippen MR) is 308 cm³/mol. The Morgan fingerprint density at radius 1 is 0.542 bits per heavy atom. The summed E-state index contributed by atoms with van der Waals surface area (Å²) in [6, 6.07) is 4.94. The first-order valence-electron chi connectivity index (χ1n) is 26.2. The zero-order chi connectivity index (χ0) is 61.7. The molecule has 0 fully saturated rings. The van der Waals surface area contributed by atoms with Crippen molar-refractivity contribution in [1.29, 1.82) is 0 Å². The molecule has 0 radical (unpaired) electrons. The number of hydrogen-bond donors (Lipinski definition) is 18. The fourth-order valence-electron chi connectivity index (χ4n) is 8.23. The number of nitrogens with two attached hydrogens (primary N) is 2. The number of phenols is 2. The predicted octanol–water partition coefficient (Wildman–Crippen LogP) is -2.80. The number of carbonyl (C=O) groups excluding carboxylic acids is 10. The van der Waals surface area contributed by atoms with Crippen LogP contribution in [0.25, 0.3) is 10.9 Å². The summed E-state index contributed by atoms with van der Waals surface area (Å²) in [7, 11) is 0. The molecule has 4 rings (SSSR count). The van der Waals surface area contributed by atoms with E-state index in [1.54, 1.807) is 44.3 Å². The minimum Gasteiger partial charge on any atom is -0.508 e. The van der Waals surface area contributed by atoms with Gasteiger partial charge in [-0.15, -0.1) is 0 Å². The van der Waals surface area contributed by atoms with Gasteiger partial charge in [0, 0.05) is 47.9 Å². The van der Waals surface area contributed by atoms with Crippen LogP contribution in [-0.4, -0.2) is 169 Å². The maximum Gasteiger partial charge on any atom is 0.327 e. The normalized spacial score (nSPS) is 14.8. The van der Waals surface area contributed by atoms with Gasteiger partial charge in [0.15, 0.2) is 0 Å². The highest BCUT2D eigenvalue weighted by Gasteiger charge is 2.36. The number of para-hydroxylation sites is 1. The minimum atomic E-state index is -1.77. The number of thiol groups is 2. The number of aliphatic hydroxyl groups is 1. The van der Waals surface area contributed by atoms with E-state index in [0.29, 0.717) is 27.6 Å². The first-order valence-corrected chi connectivity index (χ1v) is 27.4. The number of phenolic OH excluding ortho intramolecular Hbond substituents is 2. The van der Waals surface area contributed by atoms with Crippen LogP contribution in [0.15, 0.2) is 79.0 Å². The van der Waals surface area contributed by atoms with Gasteiger partial charge in [-0.05, 0) is 73.2 Å². The van der Waals surface area contributed by atoms with Crippen molar-refractivity contribution in [2.75, 3.05) is 18.1 Å². The van der Waals surface area contributed by atoms with E-state index in [1.807, 2.05) is 0 Å². The van der Waals surface area contributed by atoms with Crippen molar-refractivity contribution in [1.82, 2.24) is 52.8 Å². The Labute approximate surface area is 488 Å². The summed E-state index contributed by atoms with van der Waals surface area (Å²) in [5.41, 5.74) is 13.2. The number of carboxylic acid groups (broad SMARTS) is 1. The molecule has 0 aliphatic carbocycles. The monoisotopic (exact) mass is 1190 g/mol.